The van der Waals surface area contributed by atoms with Crippen LogP contribution < -0.4 is 24.8 Å². The smallest absolute Gasteiger partial charge is 0.328 e. The van der Waals surface area contributed by atoms with Crippen molar-refractivity contribution in [2.24, 2.45) is 0 Å². The number of carbonyl (C=O) groups is 3. The van der Waals surface area contributed by atoms with Gasteiger partial charge in [0.1, 0.15) is 24.5 Å². The molecule has 30 heavy (non-hydrogen) atoms. The molecule has 1 saturated heterocycles. The van der Waals surface area contributed by atoms with E-state index in [9.17, 15) is 14.4 Å². The number of nitrogens with one attached hydrogen (secondary N) is 2. The van der Waals surface area contributed by atoms with Crippen LogP contribution in [0.3, 0.4) is 0 Å². The lowest BCUT2D eigenvalue weighted by atomic mass is 10.1. The van der Waals surface area contributed by atoms with Crippen molar-refractivity contribution in [2.75, 3.05) is 19.8 Å². The molecule has 1 fully saturated rings. The van der Waals surface area contributed by atoms with Crippen LogP contribution in [-0.2, 0) is 9.59 Å². The van der Waals surface area contributed by atoms with E-state index < -0.39 is 17.8 Å². The summed E-state index contributed by atoms with van der Waals surface area (Å²) in [6, 6.07) is 11.9. The molecule has 0 saturated carbocycles. The van der Waals surface area contributed by atoms with Gasteiger partial charge in [0.25, 0.3) is 11.8 Å². The van der Waals surface area contributed by atoms with E-state index in [2.05, 4.69) is 15.9 Å². The Bertz CT molecular complexity index is 968. The van der Waals surface area contributed by atoms with Gasteiger partial charge in [-0.1, -0.05) is 18.2 Å². The minimum atomic E-state index is -0.847. The second kappa shape index (κ2) is 9.93. The summed E-state index contributed by atoms with van der Waals surface area (Å²) in [5.74, 6) is 0.122. The van der Waals surface area contributed by atoms with E-state index in [1.165, 1.54) is 6.08 Å². The standard InChI is InChI=1S/C21H19BrN2O6/c1-2-28-17-12-13(10-15-19(25)23-21(27)24-20(15)26)11-16(22)18(17)30-9-8-29-14-6-4-3-5-7-14/h3-7,10-12H,2,8-9H2,1H3,(H2,23,24,25,26,27). The molecule has 0 bridgehead atoms. The monoisotopic (exact) mass is 474 g/mol. The first-order valence-electron chi connectivity index (χ1n) is 9.13. The Morgan fingerprint density at radius 3 is 2.27 bits per heavy atom. The molecule has 0 radical (unpaired) electrons. The van der Waals surface area contributed by atoms with E-state index in [-0.39, 0.29) is 12.2 Å². The summed E-state index contributed by atoms with van der Waals surface area (Å²) in [5.41, 5.74) is 0.335. The van der Waals surface area contributed by atoms with Gasteiger partial charge in [-0.15, -0.1) is 0 Å². The SMILES string of the molecule is CCOc1cc(C=C2C(=O)NC(=O)NC2=O)cc(Br)c1OCCOc1ccccc1. The molecule has 0 aromatic heterocycles. The highest BCUT2D eigenvalue weighted by atomic mass is 79.9. The van der Waals surface area contributed by atoms with Crippen molar-refractivity contribution in [1.82, 2.24) is 10.6 Å². The predicted octanol–water partition coefficient (Wildman–Crippen LogP) is 3.06. The van der Waals surface area contributed by atoms with Crippen molar-refractivity contribution < 1.29 is 28.6 Å². The molecule has 0 unspecified atom stereocenters. The molecule has 3 rings (SSSR count). The number of rotatable bonds is 8. The van der Waals surface area contributed by atoms with Crippen LogP contribution in [0.5, 0.6) is 17.2 Å². The Morgan fingerprint density at radius 2 is 1.60 bits per heavy atom. The van der Waals surface area contributed by atoms with E-state index in [4.69, 9.17) is 14.2 Å². The Morgan fingerprint density at radius 1 is 0.933 bits per heavy atom. The topological polar surface area (TPSA) is 103 Å². The predicted molar refractivity (Wildman–Crippen MR) is 112 cm³/mol. The van der Waals surface area contributed by atoms with Gasteiger partial charge < -0.3 is 14.2 Å². The average molecular weight is 475 g/mol. The van der Waals surface area contributed by atoms with Crippen molar-refractivity contribution in [3.63, 3.8) is 0 Å². The molecule has 1 heterocycles. The Balaban J connectivity index is 1.75. The fraction of sp³-hybridized carbons (Fsp3) is 0.190. The molecule has 1 aliphatic rings. The molecule has 2 aromatic carbocycles. The van der Waals surface area contributed by atoms with Crippen LogP contribution in [0.2, 0.25) is 0 Å². The zero-order valence-corrected chi connectivity index (χ0v) is 17.7. The van der Waals surface area contributed by atoms with E-state index in [1.54, 1.807) is 12.1 Å². The molecular formula is C21H19BrN2O6. The number of benzene rings is 2. The quantitative estimate of drug-likeness (QED) is 0.346. The Hall–Kier alpha value is -3.33. The first kappa shape index (κ1) is 21.4. The summed E-state index contributed by atoms with van der Waals surface area (Å²) >= 11 is 3.44. The fourth-order valence-corrected chi connectivity index (χ4v) is 3.24. The first-order valence-corrected chi connectivity index (χ1v) is 9.92. The average Bonchev–Trinajstić information content (AvgIpc) is 2.70. The van der Waals surface area contributed by atoms with E-state index in [0.29, 0.717) is 34.7 Å². The number of barbiturate groups is 1. The van der Waals surface area contributed by atoms with Crippen LogP contribution in [0.4, 0.5) is 4.79 Å². The number of urea groups is 1. The molecule has 9 heteroatoms. The zero-order chi connectivity index (χ0) is 21.5. The van der Waals surface area contributed by atoms with E-state index in [0.717, 1.165) is 5.75 Å². The lowest BCUT2D eigenvalue weighted by molar-refractivity contribution is -0.123. The Kier molecular flexibility index (Phi) is 7.08. The maximum absolute atomic E-state index is 11.9. The minimum absolute atomic E-state index is 0.186. The minimum Gasteiger partial charge on any atom is -0.490 e. The van der Waals surface area contributed by atoms with Crippen LogP contribution in [-0.4, -0.2) is 37.7 Å². The van der Waals surface area contributed by atoms with Crippen LogP contribution >= 0.6 is 15.9 Å². The summed E-state index contributed by atoms with van der Waals surface area (Å²) in [6.45, 7) is 2.83. The molecule has 0 spiro atoms. The summed E-state index contributed by atoms with van der Waals surface area (Å²) < 4.78 is 17.7. The highest BCUT2D eigenvalue weighted by molar-refractivity contribution is 9.10. The van der Waals surface area contributed by atoms with E-state index in [1.807, 2.05) is 47.9 Å². The third-order valence-corrected chi connectivity index (χ3v) is 4.52. The molecule has 0 atom stereocenters. The number of hydrogen-bond acceptors (Lipinski definition) is 6. The summed E-state index contributed by atoms with van der Waals surface area (Å²) in [6.07, 6.45) is 1.37. The largest absolute Gasteiger partial charge is 0.490 e. The molecule has 8 nitrogen and oxygen atoms in total. The number of carbonyl (C=O) groups excluding carboxylic acids is 3. The number of para-hydroxylation sites is 1. The summed E-state index contributed by atoms with van der Waals surface area (Å²) in [4.78, 5) is 35.1. The third-order valence-electron chi connectivity index (χ3n) is 3.93. The van der Waals surface area contributed by atoms with Crippen molar-refractivity contribution in [3.8, 4) is 17.2 Å². The molecule has 2 N–H and O–H groups in total. The summed E-state index contributed by atoms with van der Waals surface area (Å²) in [5, 5.41) is 4.07. The maximum atomic E-state index is 11.9. The molecule has 2 aromatic rings. The lowest BCUT2D eigenvalue weighted by Crippen LogP contribution is -2.51. The van der Waals surface area contributed by atoms with Crippen LogP contribution in [0.15, 0.2) is 52.5 Å². The van der Waals surface area contributed by atoms with Gasteiger partial charge in [-0.3, -0.25) is 20.2 Å². The van der Waals surface area contributed by atoms with Gasteiger partial charge >= 0.3 is 6.03 Å². The Labute approximate surface area is 181 Å². The second-order valence-corrected chi connectivity index (χ2v) is 6.92. The third kappa shape index (κ3) is 5.38. The molecule has 0 aliphatic carbocycles. The van der Waals surface area contributed by atoms with Crippen LogP contribution in [0.25, 0.3) is 6.08 Å². The number of ether oxygens (including phenoxy) is 3. The highest BCUT2D eigenvalue weighted by Crippen LogP contribution is 2.37. The molecule has 1 aliphatic heterocycles. The fourth-order valence-electron chi connectivity index (χ4n) is 2.67. The van der Waals surface area contributed by atoms with Crippen LogP contribution in [0.1, 0.15) is 12.5 Å². The van der Waals surface area contributed by atoms with Crippen molar-refractivity contribution in [3.05, 3.63) is 58.1 Å². The molecule has 156 valence electrons. The van der Waals surface area contributed by atoms with Crippen molar-refractivity contribution in [2.45, 2.75) is 6.92 Å². The zero-order valence-electron chi connectivity index (χ0n) is 16.1. The number of halogens is 1. The number of amides is 4. The number of imide groups is 2. The van der Waals surface area contributed by atoms with Gasteiger partial charge in [0.15, 0.2) is 11.5 Å². The number of hydrogen-bond donors (Lipinski definition) is 2. The normalized spacial score (nSPS) is 13.4. The van der Waals surface area contributed by atoms with Crippen molar-refractivity contribution in [1.29, 1.82) is 0 Å². The first-order chi connectivity index (χ1) is 14.5. The van der Waals surface area contributed by atoms with Crippen molar-refractivity contribution >= 4 is 39.9 Å². The van der Waals surface area contributed by atoms with Gasteiger partial charge in [-0.05, 0) is 58.8 Å². The molecule has 4 amide bonds. The summed E-state index contributed by atoms with van der Waals surface area (Å²) in [7, 11) is 0. The second-order valence-electron chi connectivity index (χ2n) is 6.07. The van der Waals surface area contributed by atoms with Gasteiger partial charge in [0.05, 0.1) is 11.1 Å². The highest BCUT2D eigenvalue weighted by Gasteiger charge is 2.27. The van der Waals surface area contributed by atoms with Gasteiger partial charge in [-0.25, -0.2) is 4.79 Å². The maximum Gasteiger partial charge on any atom is 0.328 e. The van der Waals surface area contributed by atoms with E-state index >= 15 is 0 Å². The van der Waals surface area contributed by atoms with Crippen LogP contribution in [0, 0.1) is 0 Å². The molecular weight excluding hydrogens is 456 g/mol. The van der Waals surface area contributed by atoms with Gasteiger partial charge in [0.2, 0.25) is 0 Å². The van der Waals surface area contributed by atoms with Gasteiger partial charge in [-0.2, -0.15) is 0 Å². The lowest BCUT2D eigenvalue weighted by Gasteiger charge is -2.16. The van der Waals surface area contributed by atoms with Gasteiger partial charge in [0, 0.05) is 0 Å².